The van der Waals surface area contributed by atoms with Crippen LogP contribution in [0, 0.1) is 5.41 Å². The van der Waals surface area contributed by atoms with E-state index in [-0.39, 0.29) is 11.5 Å². The molecule has 194 valence electrons. The summed E-state index contributed by atoms with van der Waals surface area (Å²) in [6.07, 6.45) is 11.9. The molecule has 0 aromatic carbocycles. The van der Waals surface area contributed by atoms with Crippen LogP contribution in [0.15, 0.2) is 25.7 Å². The van der Waals surface area contributed by atoms with Crippen LogP contribution in [0.2, 0.25) is 25.7 Å². The van der Waals surface area contributed by atoms with E-state index < -0.39 is 20.4 Å². The van der Waals surface area contributed by atoms with Gasteiger partial charge in [-0.25, -0.2) is 9.59 Å². The molecule has 0 rings (SSSR count). The molecule has 0 radical (unpaired) electrons. The molecule has 0 aliphatic carbocycles. The number of rotatable bonds is 15. The normalized spacial score (nSPS) is 12.0. The molecule has 0 bridgehead atoms. The van der Waals surface area contributed by atoms with Crippen LogP contribution in [-0.2, 0) is 18.9 Å². The molecular weight excluding hydrogens is 436 g/mol. The van der Waals surface area contributed by atoms with Crippen molar-refractivity contribution in [1.29, 1.82) is 0 Å². The van der Waals surface area contributed by atoms with Crippen molar-refractivity contribution >= 4 is 20.4 Å². The standard InChI is InChI=1S/C18H34O3.C8H16O3Si/c1-6-8-9-10-11-12-13-14-15-16(18(3,4)5)21-17(19)20-7-2;1-5-10-8(9)11-6-7-12(2,3)4/h7,16H,2,6,8-15H2,1,3-5H3;5H,1,6-7H2,2-4H3. The minimum atomic E-state index is -1.11. The van der Waals surface area contributed by atoms with Gasteiger partial charge in [0.05, 0.1) is 19.1 Å². The molecule has 0 amide bonds. The van der Waals surface area contributed by atoms with E-state index in [1.807, 2.05) is 0 Å². The Balaban J connectivity index is 0. The maximum Gasteiger partial charge on any atom is 0.513 e. The highest BCUT2D eigenvalue weighted by molar-refractivity contribution is 6.76. The van der Waals surface area contributed by atoms with E-state index in [0.717, 1.165) is 31.4 Å². The Bertz CT molecular complexity index is 534. The molecule has 0 aliphatic rings. The van der Waals surface area contributed by atoms with Gasteiger partial charge in [-0.2, -0.15) is 0 Å². The van der Waals surface area contributed by atoms with Crippen molar-refractivity contribution in [3.05, 3.63) is 25.7 Å². The maximum atomic E-state index is 11.4. The summed E-state index contributed by atoms with van der Waals surface area (Å²) >= 11 is 0. The summed E-state index contributed by atoms with van der Waals surface area (Å²) in [6.45, 7) is 22.2. The minimum absolute atomic E-state index is 0.0681. The lowest BCUT2D eigenvalue weighted by Gasteiger charge is -2.29. The Morgan fingerprint density at radius 3 is 1.79 bits per heavy atom. The number of hydrogen-bond acceptors (Lipinski definition) is 6. The Morgan fingerprint density at radius 2 is 1.33 bits per heavy atom. The minimum Gasteiger partial charge on any atom is -0.434 e. The fourth-order valence-corrected chi connectivity index (χ4v) is 3.60. The summed E-state index contributed by atoms with van der Waals surface area (Å²) in [4.78, 5) is 22.0. The molecule has 1 atom stereocenters. The summed E-state index contributed by atoms with van der Waals surface area (Å²) < 4.78 is 19.2. The average molecular weight is 487 g/mol. The van der Waals surface area contributed by atoms with Crippen LogP contribution in [0.25, 0.3) is 0 Å². The van der Waals surface area contributed by atoms with Gasteiger partial charge in [0.25, 0.3) is 0 Å². The highest BCUT2D eigenvalue weighted by Crippen LogP contribution is 2.27. The van der Waals surface area contributed by atoms with Crippen molar-refractivity contribution in [3.8, 4) is 0 Å². The van der Waals surface area contributed by atoms with E-state index in [9.17, 15) is 9.59 Å². The molecule has 33 heavy (non-hydrogen) atoms. The van der Waals surface area contributed by atoms with Crippen molar-refractivity contribution in [2.45, 2.75) is 117 Å². The second-order valence-electron chi connectivity index (χ2n) is 10.5. The van der Waals surface area contributed by atoms with Gasteiger partial charge in [0.15, 0.2) is 0 Å². The van der Waals surface area contributed by atoms with Gasteiger partial charge in [0.1, 0.15) is 6.10 Å². The quantitative estimate of drug-likeness (QED) is 0.0996. The summed E-state index contributed by atoms with van der Waals surface area (Å²) in [5, 5.41) is 0. The third-order valence-corrected chi connectivity index (χ3v) is 6.66. The summed E-state index contributed by atoms with van der Waals surface area (Å²) in [6, 6.07) is 0.958. The molecule has 0 spiro atoms. The van der Waals surface area contributed by atoms with Crippen LogP contribution in [0.1, 0.15) is 85.5 Å². The molecule has 0 saturated heterocycles. The van der Waals surface area contributed by atoms with Crippen molar-refractivity contribution in [2.24, 2.45) is 5.41 Å². The van der Waals surface area contributed by atoms with Gasteiger partial charge in [0.2, 0.25) is 0 Å². The second-order valence-corrected chi connectivity index (χ2v) is 16.1. The van der Waals surface area contributed by atoms with E-state index in [1.54, 1.807) is 0 Å². The third kappa shape index (κ3) is 24.7. The summed E-state index contributed by atoms with van der Waals surface area (Å²) in [5.41, 5.74) is -0.0681. The van der Waals surface area contributed by atoms with Crippen molar-refractivity contribution < 1.29 is 28.5 Å². The zero-order valence-electron chi connectivity index (χ0n) is 22.4. The van der Waals surface area contributed by atoms with Crippen molar-refractivity contribution in [3.63, 3.8) is 0 Å². The SMILES string of the molecule is C=COC(=O)OC(CCCCCCCCCC)C(C)(C)C.C=COC(=O)OCC[Si](C)(C)C. The zero-order valence-corrected chi connectivity index (χ0v) is 23.4. The van der Waals surface area contributed by atoms with E-state index in [0.29, 0.717) is 6.61 Å². The van der Waals surface area contributed by atoms with E-state index in [4.69, 9.17) is 9.47 Å². The molecule has 0 saturated carbocycles. The maximum absolute atomic E-state index is 11.4. The smallest absolute Gasteiger partial charge is 0.434 e. The largest absolute Gasteiger partial charge is 0.513 e. The fraction of sp³-hybridized carbons (Fsp3) is 0.769. The van der Waals surface area contributed by atoms with Gasteiger partial charge in [-0.1, -0.05) is 105 Å². The highest BCUT2D eigenvalue weighted by atomic mass is 28.3. The Kier molecular flexibility index (Phi) is 19.9. The second kappa shape index (κ2) is 19.7. The fourth-order valence-electron chi connectivity index (χ4n) is 2.89. The third-order valence-electron chi connectivity index (χ3n) is 4.96. The van der Waals surface area contributed by atoms with E-state index >= 15 is 0 Å². The van der Waals surface area contributed by atoms with E-state index in [2.05, 4.69) is 70.0 Å². The molecule has 0 N–H and O–H groups in total. The first-order valence-electron chi connectivity index (χ1n) is 12.3. The summed E-state index contributed by atoms with van der Waals surface area (Å²) in [5.74, 6) is 0. The Morgan fingerprint density at radius 1 is 0.848 bits per heavy atom. The number of unbranched alkanes of at least 4 members (excludes halogenated alkanes) is 7. The van der Waals surface area contributed by atoms with Gasteiger partial charge >= 0.3 is 12.3 Å². The molecular formula is C26H50O6Si. The lowest BCUT2D eigenvalue weighted by atomic mass is 9.86. The van der Waals surface area contributed by atoms with Gasteiger partial charge in [-0.3, -0.25) is 0 Å². The van der Waals surface area contributed by atoms with Crippen LogP contribution in [0.3, 0.4) is 0 Å². The molecule has 0 aliphatic heterocycles. The van der Waals surface area contributed by atoms with Crippen LogP contribution < -0.4 is 0 Å². The van der Waals surface area contributed by atoms with Gasteiger partial charge in [0, 0.05) is 8.07 Å². The Labute approximate surface area is 204 Å². The van der Waals surface area contributed by atoms with Gasteiger partial charge in [-0.05, 0) is 24.3 Å². The van der Waals surface area contributed by atoms with Crippen LogP contribution >= 0.6 is 0 Å². The average Bonchev–Trinajstić information content (AvgIpc) is 2.68. The van der Waals surface area contributed by atoms with Crippen molar-refractivity contribution in [2.75, 3.05) is 6.61 Å². The predicted octanol–water partition coefficient (Wildman–Crippen LogP) is 8.85. The first-order valence-corrected chi connectivity index (χ1v) is 16.0. The van der Waals surface area contributed by atoms with Crippen molar-refractivity contribution in [1.82, 2.24) is 0 Å². The molecule has 0 heterocycles. The summed E-state index contributed by atoms with van der Waals surface area (Å²) in [7, 11) is -1.11. The van der Waals surface area contributed by atoms with Crippen LogP contribution in [0.4, 0.5) is 9.59 Å². The molecule has 0 aromatic rings. The monoisotopic (exact) mass is 486 g/mol. The number of carbonyl (C=O) groups excluding carboxylic acids is 2. The molecule has 1 unspecified atom stereocenters. The van der Waals surface area contributed by atoms with E-state index in [1.165, 1.54) is 44.9 Å². The predicted molar refractivity (Wildman–Crippen MR) is 139 cm³/mol. The lowest BCUT2D eigenvalue weighted by Crippen LogP contribution is -2.31. The molecule has 7 heteroatoms. The lowest BCUT2D eigenvalue weighted by molar-refractivity contribution is -0.00718. The first kappa shape index (κ1) is 33.4. The Hall–Kier alpha value is -1.76. The molecule has 0 fully saturated rings. The topological polar surface area (TPSA) is 71.1 Å². The number of carbonyl (C=O) groups is 2. The van der Waals surface area contributed by atoms with Crippen LogP contribution in [0.5, 0.6) is 0 Å². The van der Waals surface area contributed by atoms with Gasteiger partial charge < -0.3 is 18.9 Å². The molecule has 6 nitrogen and oxygen atoms in total. The van der Waals surface area contributed by atoms with Crippen LogP contribution in [-0.4, -0.2) is 33.1 Å². The number of ether oxygens (including phenoxy) is 4. The van der Waals surface area contributed by atoms with Gasteiger partial charge in [-0.15, -0.1) is 0 Å². The molecule has 0 aromatic heterocycles. The highest BCUT2D eigenvalue weighted by Gasteiger charge is 2.28. The number of hydrogen-bond donors (Lipinski definition) is 0. The zero-order chi connectivity index (χ0) is 25.8. The first-order chi connectivity index (χ1) is 15.4.